The molecule has 0 aliphatic heterocycles. The zero-order valence-electron chi connectivity index (χ0n) is 11.3. The smallest absolute Gasteiger partial charge is 0.134 e. The van der Waals surface area contributed by atoms with Crippen molar-refractivity contribution in [2.75, 3.05) is 5.32 Å². The average Bonchev–Trinajstić information content (AvgIpc) is 2.28. The number of nitrogens with zero attached hydrogens (tertiary/aromatic N) is 2. The number of anilines is 1. The van der Waals surface area contributed by atoms with Crippen LogP contribution in [-0.4, -0.2) is 15.5 Å². The summed E-state index contributed by atoms with van der Waals surface area (Å²) in [5.74, 6) is 1.72. The van der Waals surface area contributed by atoms with Crippen molar-refractivity contribution in [3.63, 3.8) is 0 Å². The second kappa shape index (κ2) is 5.87. The fourth-order valence-corrected chi connectivity index (χ4v) is 2.83. The maximum Gasteiger partial charge on any atom is 0.134 e. The third-order valence-corrected chi connectivity index (χ3v) is 3.80. The van der Waals surface area contributed by atoms with Gasteiger partial charge < -0.3 is 5.32 Å². The Labute approximate surface area is 114 Å². The van der Waals surface area contributed by atoms with Gasteiger partial charge in [0.25, 0.3) is 0 Å². The highest BCUT2D eigenvalue weighted by molar-refractivity contribution is 6.29. The molecule has 0 aromatic carbocycles. The fraction of sp³-hybridized carbons (Fsp3) is 0.714. The summed E-state index contributed by atoms with van der Waals surface area (Å²) < 4.78 is 0. The van der Waals surface area contributed by atoms with Crippen molar-refractivity contribution in [3.05, 3.63) is 17.0 Å². The third kappa shape index (κ3) is 3.58. The van der Waals surface area contributed by atoms with Crippen molar-refractivity contribution in [2.24, 2.45) is 0 Å². The molecule has 1 aromatic rings. The maximum absolute atomic E-state index is 6.06. The molecule has 0 bridgehead atoms. The van der Waals surface area contributed by atoms with E-state index in [2.05, 4.69) is 29.1 Å². The van der Waals surface area contributed by atoms with Crippen LogP contribution in [0.1, 0.15) is 58.2 Å². The van der Waals surface area contributed by atoms with Crippen LogP contribution in [0.2, 0.25) is 5.15 Å². The monoisotopic (exact) mass is 267 g/mol. The number of hydrogen-bond donors (Lipinski definition) is 1. The predicted molar refractivity (Wildman–Crippen MR) is 76.1 cm³/mol. The van der Waals surface area contributed by atoms with Gasteiger partial charge in [-0.05, 0) is 26.2 Å². The molecule has 1 heterocycles. The molecular formula is C14H22ClN3. The molecule has 18 heavy (non-hydrogen) atoms. The van der Waals surface area contributed by atoms with Gasteiger partial charge in [0, 0.05) is 18.0 Å². The molecule has 0 spiro atoms. The molecule has 1 fully saturated rings. The van der Waals surface area contributed by atoms with Gasteiger partial charge in [-0.15, -0.1) is 0 Å². The number of nitrogens with one attached hydrogen (secondary N) is 1. The fourth-order valence-electron chi connectivity index (χ4n) is 2.63. The van der Waals surface area contributed by atoms with Gasteiger partial charge in [0.15, 0.2) is 0 Å². The zero-order chi connectivity index (χ0) is 13.0. The number of halogens is 1. The number of rotatable bonds is 4. The Balaban J connectivity index is 2.12. The highest BCUT2D eigenvalue weighted by Gasteiger charge is 2.26. The normalized spacial score (nSPS) is 18.6. The van der Waals surface area contributed by atoms with Crippen molar-refractivity contribution in [2.45, 2.75) is 64.3 Å². The predicted octanol–water partition coefficient (Wildman–Crippen LogP) is 4.22. The van der Waals surface area contributed by atoms with Crippen LogP contribution in [0.25, 0.3) is 0 Å². The number of hydrogen-bond acceptors (Lipinski definition) is 3. The number of aromatic nitrogens is 2. The second-order valence-corrected chi connectivity index (χ2v) is 5.88. The quantitative estimate of drug-likeness (QED) is 0.830. The maximum atomic E-state index is 6.06. The van der Waals surface area contributed by atoms with E-state index in [4.69, 9.17) is 11.6 Å². The zero-order valence-corrected chi connectivity index (χ0v) is 12.1. The molecule has 1 N–H and O–H groups in total. The minimum absolute atomic E-state index is 0.166. The Morgan fingerprint density at radius 2 is 2.00 bits per heavy atom. The molecule has 0 atom stereocenters. The van der Waals surface area contributed by atoms with Gasteiger partial charge in [-0.2, -0.15) is 0 Å². The molecule has 2 rings (SSSR count). The van der Waals surface area contributed by atoms with Gasteiger partial charge in [0.05, 0.1) is 0 Å². The Kier molecular flexibility index (Phi) is 4.44. The molecule has 0 unspecified atom stereocenters. The van der Waals surface area contributed by atoms with E-state index in [0.29, 0.717) is 5.15 Å². The summed E-state index contributed by atoms with van der Waals surface area (Å²) in [6.07, 6.45) is 8.27. The first-order valence-electron chi connectivity index (χ1n) is 6.93. The molecular weight excluding hydrogens is 246 g/mol. The summed E-state index contributed by atoms with van der Waals surface area (Å²) >= 11 is 6.06. The van der Waals surface area contributed by atoms with Crippen LogP contribution in [0.15, 0.2) is 6.07 Å². The first kappa shape index (κ1) is 13.6. The van der Waals surface area contributed by atoms with Crippen LogP contribution >= 0.6 is 11.6 Å². The summed E-state index contributed by atoms with van der Waals surface area (Å²) in [7, 11) is 0. The van der Waals surface area contributed by atoms with Gasteiger partial charge in [-0.25, -0.2) is 9.97 Å². The largest absolute Gasteiger partial charge is 0.365 e. The van der Waals surface area contributed by atoms with E-state index >= 15 is 0 Å². The molecule has 1 saturated carbocycles. The van der Waals surface area contributed by atoms with E-state index in [0.717, 1.165) is 24.5 Å². The van der Waals surface area contributed by atoms with Crippen LogP contribution in [0.5, 0.6) is 0 Å². The highest BCUT2D eigenvalue weighted by Crippen LogP contribution is 2.31. The highest BCUT2D eigenvalue weighted by atomic mass is 35.5. The molecule has 1 aliphatic rings. The molecule has 1 aliphatic carbocycles. The van der Waals surface area contributed by atoms with Crippen molar-refractivity contribution in [1.29, 1.82) is 0 Å². The molecule has 4 heteroatoms. The van der Waals surface area contributed by atoms with Crippen molar-refractivity contribution >= 4 is 17.4 Å². The Morgan fingerprint density at radius 1 is 1.28 bits per heavy atom. The van der Waals surface area contributed by atoms with Gasteiger partial charge in [0.2, 0.25) is 0 Å². The van der Waals surface area contributed by atoms with Crippen LogP contribution in [0.3, 0.4) is 0 Å². The third-order valence-electron chi connectivity index (χ3n) is 3.60. The summed E-state index contributed by atoms with van der Waals surface area (Å²) in [6, 6.07) is 1.83. The van der Waals surface area contributed by atoms with Crippen LogP contribution in [-0.2, 0) is 6.42 Å². The first-order chi connectivity index (χ1) is 8.61. The summed E-state index contributed by atoms with van der Waals surface area (Å²) in [5, 5.41) is 4.10. The van der Waals surface area contributed by atoms with Gasteiger partial charge >= 0.3 is 0 Å². The summed E-state index contributed by atoms with van der Waals surface area (Å²) in [4.78, 5) is 8.81. The number of aryl methyl sites for hydroxylation is 1. The average molecular weight is 268 g/mol. The van der Waals surface area contributed by atoms with E-state index in [9.17, 15) is 0 Å². The van der Waals surface area contributed by atoms with E-state index in [-0.39, 0.29) is 5.54 Å². The Hall–Kier alpha value is -0.830. The second-order valence-electron chi connectivity index (χ2n) is 5.49. The Morgan fingerprint density at radius 3 is 2.67 bits per heavy atom. The Bertz CT molecular complexity index is 400. The SMILES string of the molecule is CCCc1nc(Cl)cc(NC2(C)CCCCC2)n1. The van der Waals surface area contributed by atoms with Crippen molar-refractivity contribution < 1.29 is 0 Å². The minimum atomic E-state index is 0.166. The molecule has 3 nitrogen and oxygen atoms in total. The van der Waals surface area contributed by atoms with Crippen molar-refractivity contribution in [3.8, 4) is 0 Å². The van der Waals surface area contributed by atoms with E-state index in [1.165, 1.54) is 32.1 Å². The lowest BCUT2D eigenvalue weighted by molar-refractivity contribution is 0.348. The molecule has 0 saturated heterocycles. The van der Waals surface area contributed by atoms with E-state index in [1.54, 1.807) is 0 Å². The molecule has 0 radical (unpaired) electrons. The lowest BCUT2D eigenvalue weighted by Crippen LogP contribution is -2.37. The van der Waals surface area contributed by atoms with Crippen LogP contribution < -0.4 is 5.32 Å². The topological polar surface area (TPSA) is 37.8 Å². The van der Waals surface area contributed by atoms with E-state index in [1.807, 2.05) is 6.07 Å². The summed E-state index contributed by atoms with van der Waals surface area (Å²) in [6.45, 7) is 4.40. The van der Waals surface area contributed by atoms with Crippen LogP contribution in [0, 0.1) is 0 Å². The minimum Gasteiger partial charge on any atom is -0.365 e. The van der Waals surface area contributed by atoms with Gasteiger partial charge in [-0.3, -0.25) is 0 Å². The standard InChI is InChI=1S/C14H22ClN3/c1-3-7-12-16-11(15)10-13(17-12)18-14(2)8-5-4-6-9-14/h10H,3-9H2,1-2H3,(H,16,17,18). The lowest BCUT2D eigenvalue weighted by atomic mass is 9.83. The first-order valence-corrected chi connectivity index (χ1v) is 7.31. The van der Waals surface area contributed by atoms with Crippen LogP contribution in [0.4, 0.5) is 5.82 Å². The van der Waals surface area contributed by atoms with E-state index < -0.39 is 0 Å². The lowest BCUT2D eigenvalue weighted by Gasteiger charge is -2.35. The summed E-state index contributed by atoms with van der Waals surface area (Å²) in [5.41, 5.74) is 0.166. The molecule has 100 valence electrons. The molecule has 0 amide bonds. The van der Waals surface area contributed by atoms with Gasteiger partial charge in [0.1, 0.15) is 16.8 Å². The van der Waals surface area contributed by atoms with Gasteiger partial charge in [-0.1, -0.05) is 37.8 Å². The van der Waals surface area contributed by atoms with Crippen molar-refractivity contribution in [1.82, 2.24) is 9.97 Å². The molecule has 1 aromatic heterocycles.